The average Bonchev–Trinajstić information content (AvgIpc) is 2.87. The molecule has 1 nitrogen and oxygen atoms in total. The molecule has 2 unspecified atom stereocenters. The topological polar surface area (TPSA) is 26.0 Å². The molecular weight excluding hydrogens is 194 g/mol. The third-order valence-corrected chi connectivity index (χ3v) is 4.55. The van der Waals surface area contributed by atoms with Gasteiger partial charge in [0.05, 0.1) is 0 Å². The van der Waals surface area contributed by atoms with E-state index in [2.05, 4.69) is 31.2 Å². The average molecular weight is 215 g/mol. The molecule has 0 aliphatic heterocycles. The van der Waals surface area contributed by atoms with Crippen LogP contribution in [0.2, 0.25) is 0 Å². The number of fused-ring (bicyclic) bond motifs is 1. The van der Waals surface area contributed by atoms with Crippen LogP contribution in [0.15, 0.2) is 24.3 Å². The standard InChI is InChI=1S/C15H21N/c1-11-3-2-4-12(5-11)7-15(10-16)8-13-6-14(13)9-15/h2-5,13-14H,6-10,16H2,1H3. The molecule has 0 aromatic heterocycles. The molecule has 2 aliphatic rings. The SMILES string of the molecule is Cc1cccc(CC2(CN)CC3CC3C2)c1. The lowest BCUT2D eigenvalue weighted by Gasteiger charge is -2.29. The van der Waals surface area contributed by atoms with Crippen molar-refractivity contribution in [2.45, 2.75) is 32.6 Å². The fourth-order valence-electron chi connectivity index (χ4n) is 3.64. The van der Waals surface area contributed by atoms with Crippen LogP contribution >= 0.6 is 0 Å². The molecule has 1 heteroatoms. The zero-order valence-corrected chi connectivity index (χ0v) is 10.1. The van der Waals surface area contributed by atoms with E-state index in [9.17, 15) is 0 Å². The van der Waals surface area contributed by atoms with Gasteiger partial charge in [-0.2, -0.15) is 0 Å². The second-order valence-corrected chi connectivity index (χ2v) is 6.03. The van der Waals surface area contributed by atoms with Crippen LogP contribution in [-0.2, 0) is 6.42 Å². The third kappa shape index (κ3) is 1.78. The van der Waals surface area contributed by atoms with Gasteiger partial charge in [0.2, 0.25) is 0 Å². The van der Waals surface area contributed by atoms with Crippen LogP contribution in [-0.4, -0.2) is 6.54 Å². The van der Waals surface area contributed by atoms with Crippen molar-refractivity contribution in [3.05, 3.63) is 35.4 Å². The zero-order valence-electron chi connectivity index (χ0n) is 10.1. The monoisotopic (exact) mass is 215 g/mol. The van der Waals surface area contributed by atoms with Gasteiger partial charge in [0, 0.05) is 0 Å². The molecule has 0 spiro atoms. The minimum atomic E-state index is 0.432. The van der Waals surface area contributed by atoms with Crippen molar-refractivity contribution in [3.63, 3.8) is 0 Å². The van der Waals surface area contributed by atoms with E-state index in [1.807, 2.05) is 0 Å². The Bertz CT molecular complexity index is 386. The van der Waals surface area contributed by atoms with Crippen molar-refractivity contribution >= 4 is 0 Å². The highest BCUT2D eigenvalue weighted by Crippen LogP contribution is 2.60. The van der Waals surface area contributed by atoms with Crippen LogP contribution in [0.1, 0.15) is 30.4 Å². The highest BCUT2D eigenvalue weighted by Gasteiger charge is 2.52. The molecule has 2 saturated carbocycles. The Labute approximate surface area is 98.0 Å². The highest BCUT2D eigenvalue weighted by molar-refractivity contribution is 5.24. The van der Waals surface area contributed by atoms with Crippen molar-refractivity contribution in [1.82, 2.24) is 0 Å². The van der Waals surface area contributed by atoms with Gasteiger partial charge < -0.3 is 5.73 Å². The van der Waals surface area contributed by atoms with Crippen LogP contribution in [0, 0.1) is 24.2 Å². The molecule has 0 bridgehead atoms. The highest BCUT2D eigenvalue weighted by atomic mass is 14.7. The zero-order chi connectivity index (χ0) is 11.2. The summed E-state index contributed by atoms with van der Waals surface area (Å²) in [6.45, 7) is 3.04. The molecule has 16 heavy (non-hydrogen) atoms. The first-order valence-electron chi connectivity index (χ1n) is 6.46. The summed E-state index contributed by atoms with van der Waals surface area (Å²) in [6.07, 6.45) is 5.43. The largest absolute Gasteiger partial charge is 0.330 e. The summed E-state index contributed by atoms with van der Waals surface area (Å²) in [5.41, 5.74) is 9.32. The number of aryl methyl sites for hydroxylation is 1. The first kappa shape index (κ1) is 10.3. The smallest absolute Gasteiger partial charge is 0.00171 e. The molecule has 86 valence electrons. The van der Waals surface area contributed by atoms with E-state index >= 15 is 0 Å². The van der Waals surface area contributed by atoms with Crippen molar-refractivity contribution in [3.8, 4) is 0 Å². The Morgan fingerprint density at radius 2 is 2.06 bits per heavy atom. The molecule has 0 radical (unpaired) electrons. The minimum absolute atomic E-state index is 0.432. The number of hydrogen-bond donors (Lipinski definition) is 1. The molecule has 1 aromatic rings. The fraction of sp³-hybridized carbons (Fsp3) is 0.600. The van der Waals surface area contributed by atoms with Crippen molar-refractivity contribution in [2.75, 3.05) is 6.54 Å². The van der Waals surface area contributed by atoms with Gasteiger partial charge in [0.1, 0.15) is 0 Å². The molecule has 3 rings (SSSR count). The van der Waals surface area contributed by atoms with Crippen LogP contribution < -0.4 is 5.73 Å². The summed E-state index contributed by atoms with van der Waals surface area (Å²) in [6, 6.07) is 8.92. The van der Waals surface area contributed by atoms with E-state index in [-0.39, 0.29) is 0 Å². The maximum Gasteiger partial charge on any atom is -0.00171 e. The van der Waals surface area contributed by atoms with Crippen LogP contribution in [0.3, 0.4) is 0 Å². The summed E-state index contributed by atoms with van der Waals surface area (Å²) in [5, 5.41) is 0. The fourth-order valence-corrected chi connectivity index (χ4v) is 3.64. The van der Waals surface area contributed by atoms with Crippen LogP contribution in [0.4, 0.5) is 0 Å². The molecule has 2 N–H and O–H groups in total. The summed E-state index contributed by atoms with van der Waals surface area (Å²) in [4.78, 5) is 0. The van der Waals surface area contributed by atoms with E-state index in [4.69, 9.17) is 5.73 Å². The van der Waals surface area contributed by atoms with E-state index < -0.39 is 0 Å². The quantitative estimate of drug-likeness (QED) is 0.824. The summed E-state index contributed by atoms with van der Waals surface area (Å²) < 4.78 is 0. The Balaban J connectivity index is 1.77. The molecule has 0 heterocycles. The number of hydrogen-bond acceptors (Lipinski definition) is 1. The maximum atomic E-state index is 6.04. The number of benzene rings is 1. The molecule has 0 saturated heterocycles. The van der Waals surface area contributed by atoms with E-state index in [1.165, 1.54) is 36.8 Å². The molecule has 0 amide bonds. The van der Waals surface area contributed by atoms with Crippen molar-refractivity contribution in [1.29, 1.82) is 0 Å². The lowest BCUT2D eigenvalue weighted by molar-refractivity contribution is 0.273. The second kappa shape index (κ2) is 3.59. The predicted molar refractivity (Wildman–Crippen MR) is 67.2 cm³/mol. The van der Waals surface area contributed by atoms with Gasteiger partial charge in [0.15, 0.2) is 0 Å². The van der Waals surface area contributed by atoms with Crippen molar-refractivity contribution in [2.24, 2.45) is 23.0 Å². The van der Waals surface area contributed by atoms with Crippen LogP contribution in [0.5, 0.6) is 0 Å². The Hall–Kier alpha value is -0.820. The lowest BCUT2D eigenvalue weighted by atomic mass is 9.77. The Kier molecular flexibility index (Phi) is 2.32. The summed E-state index contributed by atoms with van der Waals surface area (Å²) in [5.74, 6) is 2.04. The number of nitrogens with two attached hydrogens (primary N) is 1. The molecule has 2 atom stereocenters. The van der Waals surface area contributed by atoms with Crippen LogP contribution in [0.25, 0.3) is 0 Å². The van der Waals surface area contributed by atoms with Gasteiger partial charge in [-0.25, -0.2) is 0 Å². The number of rotatable bonds is 3. The Morgan fingerprint density at radius 3 is 2.69 bits per heavy atom. The van der Waals surface area contributed by atoms with Gasteiger partial charge >= 0.3 is 0 Å². The molecule has 2 fully saturated rings. The van der Waals surface area contributed by atoms with Gasteiger partial charge in [-0.15, -0.1) is 0 Å². The van der Waals surface area contributed by atoms with Gasteiger partial charge in [0.25, 0.3) is 0 Å². The lowest BCUT2D eigenvalue weighted by Crippen LogP contribution is -2.31. The third-order valence-electron chi connectivity index (χ3n) is 4.55. The summed E-state index contributed by atoms with van der Waals surface area (Å²) in [7, 11) is 0. The van der Waals surface area contributed by atoms with E-state index in [0.717, 1.165) is 18.4 Å². The van der Waals surface area contributed by atoms with Crippen molar-refractivity contribution < 1.29 is 0 Å². The predicted octanol–water partition coefficient (Wildman–Crippen LogP) is 2.91. The Morgan fingerprint density at radius 1 is 1.31 bits per heavy atom. The second-order valence-electron chi connectivity index (χ2n) is 6.03. The maximum absolute atomic E-state index is 6.04. The summed E-state index contributed by atoms with van der Waals surface area (Å²) >= 11 is 0. The van der Waals surface area contributed by atoms with Gasteiger partial charge in [-0.05, 0) is 62.0 Å². The normalized spacial score (nSPS) is 36.1. The first-order valence-corrected chi connectivity index (χ1v) is 6.46. The minimum Gasteiger partial charge on any atom is -0.330 e. The van der Waals surface area contributed by atoms with Gasteiger partial charge in [-0.3, -0.25) is 0 Å². The van der Waals surface area contributed by atoms with E-state index in [0.29, 0.717) is 5.41 Å². The van der Waals surface area contributed by atoms with E-state index in [1.54, 1.807) is 0 Å². The molecule has 1 aromatic carbocycles. The molecular formula is C15H21N. The molecule has 2 aliphatic carbocycles. The first-order chi connectivity index (χ1) is 7.71. The van der Waals surface area contributed by atoms with Gasteiger partial charge in [-0.1, -0.05) is 29.8 Å².